The van der Waals surface area contributed by atoms with Gasteiger partial charge in [0, 0.05) is 22.5 Å². The molecule has 0 radical (unpaired) electrons. The molecular weight excluding hydrogens is 212 g/mol. The first kappa shape index (κ1) is 10.5. The van der Waals surface area contributed by atoms with Crippen LogP contribution in [-0.2, 0) is 13.2 Å². The van der Waals surface area contributed by atoms with Crippen molar-refractivity contribution in [3.8, 4) is 0 Å². The van der Waals surface area contributed by atoms with Gasteiger partial charge in [0.2, 0.25) is 0 Å². The van der Waals surface area contributed by atoms with E-state index in [9.17, 15) is 5.11 Å². The summed E-state index contributed by atoms with van der Waals surface area (Å²) in [6, 6.07) is 3.66. The zero-order chi connectivity index (χ0) is 10.8. The molecule has 15 heavy (non-hydrogen) atoms. The van der Waals surface area contributed by atoms with Crippen molar-refractivity contribution in [3.63, 3.8) is 0 Å². The van der Waals surface area contributed by atoms with Crippen molar-refractivity contribution in [2.24, 2.45) is 0 Å². The standard InChI is InChI=1S/C11H13ClN2O/c1-2-3-14-11-8(6-13-14)4-10(12)5-9(11)7-15/h4-6,15H,2-3,7H2,1H3. The highest BCUT2D eigenvalue weighted by Crippen LogP contribution is 2.24. The van der Waals surface area contributed by atoms with Crippen LogP contribution in [0.4, 0.5) is 0 Å². The molecule has 2 rings (SSSR count). The molecule has 0 spiro atoms. The van der Waals surface area contributed by atoms with Gasteiger partial charge in [-0.25, -0.2) is 0 Å². The van der Waals surface area contributed by atoms with Crippen LogP contribution in [-0.4, -0.2) is 14.9 Å². The molecule has 0 aliphatic rings. The Morgan fingerprint density at radius 2 is 2.27 bits per heavy atom. The maximum atomic E-state index is 9.27. The minimum atomic E-state index is -0.00747. The fraction of sp³-hybridized carbons (Fsp3) is 0.364. The minimum Gasteiger partial charge on any atom is -0.392 e. The second kappa shape index (κ2) is 4.21. The highest BCUT2D eigenvalue weighted by Gasteiger charge is 2.08. The number of nitrogens with zero attached hydrogens (tertiary/aromatic N) is 2. The zero-order valence-electron chi connectivity index (χ0n) is 8.57. The van der Waals surface area contributed by atoms with Crippen LogP contribution in [0, 0.1) is 0 Å². The van der Waals surface area contributed by atoms with Gasteiger partial charge in [-0.2, -0.15) is 5.10 Å². The number of rotatable bonds is 3. The van der Waals surface area contributed by atoms with Gasteiger partial charge in [-0.1, -0.05) is 18.5 Å². The minimum absolute atomic E-state index is 0.00747. The Morgan fingerprint density at radius 1 is 1.47 bits per heavy atom. The molecule has 1 aromatic heterocycles. The molecule has 1 N–H and O–H groups in total. The molecule has 0 fully saturated rings. The van der Waals surface area contributed by atoms with E-state index in [1.165, 1.54) is 0 Å². The molecule has 4 heteroatoms. The van der Waals surface area contributed by atoms with Gasteiger partial charge in [-0.3, -0.25) is 4.68 Å². The Balaban J connectivity index is 2.66. The first-order chi connectivity index (χ1) is 7.26. The molecule has 0 saturated carbocycles. The second-order valence-corrected chi connectivity index (χ2v) is 3.97. The summed E-state index contributed by atoms with van der Waals surface area (Å²) in [5, 5.41) is 15.2. The van der Waals surface area contributed by atoms with Gasteiger partial charge < -0.3 is 5.11 Å². The van der Waals surface area contributed by atoms with Crippen molar-refractivity contribution in [3.05, 3.63) is 28.9 Å². The fourth-order valence-electron chi connectivity index (χ4n) is 1.78. The van der Waals surface area contributed by atoms with E-state index in [0.29, 0.717) is 5.02 Å². The number of aromatic nitrogens is 2. The molecule has 0 aliphatic carbocycles. The molecule has 0 aliphatic heterocycles. The van der Waals surface area contributed by atoms with Gasteiger partial charge >= 0.3 is 0 Å². The quantitative estimate of drug-likeness (QED) is 0.870. The average Bonchev–Trinajstić information content (AvgIpc) is 2.61. The number of aliphatic hydroxyl groups is 1. The van der Waals surface area contributed by atoms with E-state index >= 15 is 0 Å². The normalized spacial score (nSPS) is 11.1. The van der Waals surface area contributed by atoms with Crippen LogP contribution < -0.4 is 0 Å². The highest BCUT2D eigenvalue weighted by atomic mass is 35.5. The number of aliphatic hydroxyl groups excluding tert-OH is 1. The van der Waals surface area contributed by atoms with Crippen LogP contribution in [0.5, 0.6) is 0 Å². The number of benzene rings is 1. The monoisotopic (exact) mass is 224 g/mol. The lowest BCUT2D eigenvalue weighted by molar-refractivity contribution is 0.282. The van der Waals surface area contributed by atoms with Gasteiger partial charge in [0.15, 0.2) is 0 Å². The molecule has 2 aromatic rings. The Labute approximate surface area is 93.3 Å². The summed E-state index contributed by atoms with van der Waals surface area (Å²) in [5.41, 5.74) is 1.83. The summed E-state index contributed by atoms with van der Waals surface area (Å²) in [5.74, 6) is 0. The molecule has 0 unspecified atom stereocenters. The lowest BCUT2D eigenvalue weighted by Gasteiger charge is -2.05. The van der Waals surface area contributed by atoms with Crippen molar-refractivity contribution in [2.45, 2.75) is 26.5 Å². The molecule has 3 nitrogen and oxygen atoms in total. The molecular formula is C11H13ClN2O. The van der Waals surface area contributed by atoms with E-state index in [1.54, 1.807) is 12.3 Å². The van der Waals surface area contributed by atoms with Crippen LogP contribution >= 0.6 is 11.6 Å². The van der Waals surface area contributed by atoms with E-state index in [4.69, 9.17) is 11.6 Å². The fourth-order valence-corrected chi connectivity index (χ4v) is 2.03. The lowest BCUT2D eigenvalue weighted by Crippen LogP contribution is -2.00. The predicted octanol–water partition coefficient (Wildman–Crippen LogP) is 2.59. The SMILES string of the molecule is CCCn1ncc2cc(Cl)cc(CO)c21. The third kappa shape index (κ3) is 1.85. The second-order valence-electron chi connectivity index (χ2n) is 3.53. The number of hydrogen-bond donors (Lipinski definition) is 1. The van der Waals surface area contributed by atoms with Gasteiger partial charge in [0.05, 0.1) is 18.3 Å². The van der Waals surface area contributed by atoms with Crippen molar-refractivity contribution in [1.82, 2.24) is 9.78 Å². The molecule has 0 atom stereocenters. The van der Waals surface area contributed by atoms with Gasteiger partial charge in [-0.05, 0) is 18.6 Å². The largest absolute Gasteiger partial charge is 0.392 e. The van der Waals surface area contributed by atoms with E-state index in [1.807, 2.05) is 10.7 Å². The molecule has 80 valence electrons. The number of aryl methyl sites for hydroxylation is 1. The Kier molecular flexibility index (Phi) is 2.93. The van der Waals surface area contributed by atoms with Crippen LogP contribution in [0.3, 0.4) is 0 Å². The van der Waals surface area contributed by atoms with Gasteiger partial charge in [0.25, 0.3) is 0 Å². The third-order valence-corrected chi connectivity index (χ3v) is 2.60. The van der Waals surface area contributed by atoms with E-state index in [0.717, 1.165) is 29.4 Å². The summed E-state index contributed by atoms with van der Waals surface area (Å²) in [7, 11) is 0. The highest BCUT2D eigenvalue weighted by molar-refractivity contribution is 6.31. The summed E-state index contributed by atoms with van der Waals surface area (Å²) >= 11 is 5.94. The Morgan fingerprint density at radius 3 is 2.93 bits per heavy atom. The van der Waals surface area contributed by atoms with Crippen LogP contribution in [0.2, 0.25) is 5.02 Å². The molecule has 0 amide bonds. The van der Waals surface area contributed by atoms with Crippen molar-refractivity contribution in [1.29, 1.82) is 0 Å². The van der Waals surface area contributed by atoms with Crippen LogP contribution in [0.15, 0.2) is 18.3 Å². The lowest BCUT2D eigenvalue weighted by atomic mass is 10.1. The third-order valence-electron chi connectivity index (χ3n) is 2.38. The Hall–Kier alpha value is -1.06. The van der Waals surface area contributed by atoms with Gasteiger partial charge in [-0.15, -0.1) is 0 Å². The first-order valence-electron chi connectivity index (χ1n) is 5.01. The van der Waals surface area contributed by atoms with Crippen molar-refractivity contribution < 1.29 is 5.11 Å². The maximum absolute atomic E-state index is 9.27. The molecule has 1 aromatic carbocycles. The zero-order valence-corrected chi connectivity index (χ0v) is 9.33. The predicted molar refractivity (Wildman–Crippen MR) is 61.0 cm³/mol. The first-order valence-corrected chi connectivity index (χ1v) is 5.39. The smallest absolute Gasteiger partial charge is 0.0738 e. The summed E-state index contributed by atoms with van der Waals surface area (Å²) in [6.07, 6.45) is 2.81. The van der Waals surface area contributed by atoms with Crippen molar-refractivity contribution >= 4 is 22.5 Å². The number of halogens is 1. The van der Waals surface area contributed by atoms with E-state index in [-0.39, 0.29) is 6.61 Å². The van der Waals surface area contributed by atoms with Crippen LogP contribution in [0.1, 0.15) is 18.9 Å². The topological polar surface area (TPSA) is 38.0 Å². The molecule has 0 bridgehead atoms. The molecule has 1 heterocycles. The Bertz CT molecular complexity index is 479. The number of fused-ring (bicyclic) bond motifs is 1. The summed E-state index contributed by atoms with van der Waals surface area (Å²) in [4.78, 5) is 0. The van der Waals surface area contributed by atoms with E-state index in [2.05, 4.69) is 12.0 Å². The van der Waals surface area contributed by atoms with Crippen LogP contribution in [0.25, 0.3) is 10.9 Å². The summed E-state index contributed by atoms with van der Waals surface area (Å²) < 4.78 is 1.91. The summed E-state index contributed by atoms with van der Waals surface area (Å²) in [6.45, 7) is 2.95. The average molecular weight is 225 g/mol. The van der Waals surface area contributed by atoms with Gasteiger partial charge in [0.1, 0.15) is 0 Å². The van der Waals surface area contributed by atoms with Crippen molar-refractivity contribution in [2.75, 3.05) is 0 Å². The molecule has 0 saturated heterocycles. The number of hydrogen-bond acceptors (Lipinski definition) is 2. The maximum Gasteiger partial charge on any atom is 0.0738 e. The van der Waals surface area contributed by atoms with E-state index < -0.39 is 0 Å².